The Hall–Kier alpha value is -3.68. The third kappa shape index (κ3) is 6.41. The van der Waals surface area contributed by atoms with Crippen molar-refractivity contribution in [3.8, 4) is 11.8 Å². The smallest absolute Gasteiger partial charge is 0.410 e. The van der Waals surface area contributed by atoms with Crippen molar-refractivity contribution < 1.29 is 18.7 Å². The van der Waals surface area contributed by atoms with E-state index in [1.807, 2.05) is 26.8 Å². The zero-order chi connectivity index (χ0) is 23.1. The van der Waals surface area contributed by atoms with Gasteiger partial charge in [0.05, 0.1) is 12.3 Å². The number of carbonyl (C=O) groups is 1. The van der Waals surface area contributed by atoms with E-state index in [1.165, 1.54) is 24.4 Å². The summed E-state index contributed by atoms with van der Waals surface area (Å²) in [6.07, 6.45) is 2.62. The van der Waals surface area contributed by atoms with Gasteiger partial charge < -0.3 is 19.7 Å². The summed E-state index contributed by atoms with van der Waals surface area (Å²) in [5, 5.41) is 25.4. The average Bonchev–Trinajstić information content (AvgIpc) is 3.27. The van der Waals surface area contributed by atoms with Crippen molar-refractivity contribution in [1.82, 2.24) is 25.5 Å². The van der Waals surface area contributed by atoms with Gasteiger partial charge in [0.1, 0.15) is 28.8 Å². The lowest BCUT2D eigenvalue weighted by atomic mass is 9.98. The summed E-state index contributed by atoms with van der Waals surface area (Å²) >= 11 is 0. The van der Waals surface area contributed by atoms with Gasteiger partial charge in [0.15, 0.2) is 0 Å². The molecule has 0 spiro atoms. The van der Waals surface area contributed by atoms with E-state index in [-0.39, 0.29) is 23.4 Å². The number of rotatable bonds is 6. The molecule has 2 aromatic rings. The zero-order valence-corrected chi connectivity index (χ0v) is 18.3. The van der Waals surface area contributed by atoms with Crippen molar-refractivity contribution >= 4 is 17.4 Å². The number of anilines is 1. The summed E-state index contributed by atoms with van der Waals surface area (Å²) in [5.41, 5.74) is -0.0250. The van der Waals surface area contributed by atoms with Gasteiger partial charge >= 0.3 is 6.09 Å². The molecule has 11 heteroatoms. The van der Waals surface area contributed by atoms with Crippen LogP contribution in [0.3, 0.4) is 0 Å². The summed E-state index contributed by atoms with van der Waals surface area (Å²) in [7, 11) is 0. The van der Waals surface area contributed by atoms with Crippen LogP contribution < -0.4 is 10.1 Å². The predicted molar refractivity (Wildman–Crippen MR) is 114 cm³/mol. The van der Waals surface area contributed by atoms with Crippen molar-refractivity contribution in [3.63, 3.8) is 0 Å². The summed E-state index contributed by atoms with van der Waals surface area (Å²) in [5.74, 6) is 0.367. The van der Waals surface area contributed by atoms with Gasteiger partial charge in [-0.3, -0.25) is 0 Å². The van der Waals surface area contributed by atoms with Crippen LogP contribution in [0.1, 0.15) is 39.4 Å². The number of hydrogen-bond acceptors (Lipinski definition) is 8. The van der Waals surface area contributed by atoms with E-state index >= 15 is 0 Å². The van der Waals surface area contributed by atoms with Crippen LogP contribution in [0.4, 0.5) is 14.9 Å². The van der Waals surface area contributed by atoms with Crippen LogP contribution >= 0.6 is 0 Å². The molecule has 1 aromatic heterocycles. The van der Waals surface area contributed by atoms with Gasteiger partial charge in [-0.2, -0.15) is 10.5 Å². The lowest BCUT2D eigenvalue weighted by molar-refractivity contribution is 0.0165. The second-order valence-corrected chi connectivity index (χ2v) is 8.41. The van der Waals surface area contributed by atoms with E-state index in [0.717, 1.165) is 12.8 Å². The number of carbonyl (C=O) groups excluding carboxylic acids is 1. The van der Waals surface area contributed by atoms with Gasteiger partial charge in [-0.15, -0.1) is 10.2 Å². The average molecular weight is 443 g/mol. The summed E-state index contributed by atoms with van der Waals surface area (Å²) in [6, 6.07) is 6.07. The molecule has 0 aliphatic carbocycles. The molecule has 0 radical (unpaired) electrons. The fraction of sp³-hybridized carbons (Fsp3) is 0.476. The van der Waals surface area contributed by atoms with E-state index in [1.54, 1.807) is 4.90 Å². The molecule has 3 rings (SSSR count). The number of H-pyrrole nitrogens is 1. The number of likely N-dealkylation sites (tertiary alicyclic amines) is 1. The molecule has 0 atom stereocenters. The van der Waals surface area contributed by atoms with Crippen LogP contribution in [0.5, 0.6) is 5.75 Å². The fourth-order valence-corrected chi connectivity index (χ4v) is 3.13. The largest absolute Gasteiger partial charge is 0.491 e. The molecule has 1 saturated heterocycles. The number of allylic oxidation sites excluding steroid dienone is 1. The Morgan fingerprint density at radius 3 is 2.78 bits per heavy atom. The molecule has 0 saturated carbocycles. The first kappa shape index (κ1) is 23.0. The Kier molecular flexibility index (Phi) is 7.25. The third-order valence-electron chi connectivity index (χ3n) is 4.76. The minimum Gasteiger partial charge on any atom is -0.491 e. The number of aromatic amines is 1. The van der Waals surface area contributed by atoms with E-state index < -0.39 is 11.4 Å². The Morgan fingerprint density at radius 1 is 1.41 bits per heavy atom. The molecule has 1 amide bonds. The summed E-state index contributed by atoms with van der Waals surface area (Å²) in [4.78, 5) is 13.9. The number of nitrogens with zero attached hydrogens (tertiary/aromatic N) is 5. The third-order valence-corrected chi connectivity index (χ3v) is 4.76. The highest BCUT2D eigenvalue weighted by Gasteiger charge is 2.27. The number of benzene rings is 1. The van der Waals surface area contributed by atoms with Crippen LogP contribution in [-0.4, -0.2) is 56.9 Å². The first-order valence-corrected chi connectivity index (χ1v) is 10.3. The molecule has 0 unspecified atom stereocenters. The highest BCUT2D eigenvalue weighted by Crippen LogP contribution is 2.28. The number of aromatic nitrogens is 4. The van der Waals surface area contributed by atoms with Crippen LogP contribution in [0.25, 0.3) is 5.57 Å². The predicted octanol–water partition coefficient (Wildman–Crippen LogP) is 3.34. The van der Waals surface area contributed by atoms with Gasteiger partial charge in [0.25, 0.3) is 0 Å². The maximum absolute atomic E-state index is 13.8. The highest BCUT2D eigenvalue weighted by atomic mass is 19.1. The molecule has 2 heterocycles. The van der Waals surface area contributed by atoms with Crippen molar-refractivity contribution in [2.75, 3.05) is 25.0 Å². The molecular weight excluding hydrogens is 417 g/mol. The minimum atomic E-state index is -0.521. The van der Waals surface area contributed by atoms with Gasteiger partial charge in [0.2, 0.25) is 5.82 Å². The summed E-state index contributed by atoms with van der Waals surface area (Å²) < 4.78 is 25.1. The molecule has 170 valence electrons. The summed E-state index contributed by atoms with van der Waals surface area (Å²) in [6.45, 7) is 7.14. The molecule has 1 aliphatic heterocycles. The topological polar surface area (TPSA) is 129 Å². The Balaban J connectivity index is 1.57. The number of tetrazole rings is 1. The molecule has 1 aromatic carbocycles. The van der Waals surface area contributed by atoms with Crippen molar-refractivity contribution in [3.05, 3.63) is 36.0 Å². The molecular formula is C21H26FN7O3. The number of piperidine rings is 1. The number of nitrogens with one attached hydrogen (secondary N) is 2. The van der Waals surface area contributed by atoms with E-state index in [4.69, 9.17) is 9.47 Å². The van der Waals surface area contributed by atoms with Gasteiger partial charge in [0, 0.05) is 25.4 Å². The Labute approximate surface area is 185 Å². The van der Waals surface area contributed by atoms with Gasteiger partial charge in [-0.25, -0.2) is 9.18 Å². The molecule has 10 nitrogen and oxygen atoms in total. The first-order chi connectivity index (χ1) is 15.2. The highest BCUT2D eigenvalue weighted by molar-refractivity contribution is 5.74. The zero-order valence-electron chi connectivity index (χ0n) is 18.3. The van der Waals surface area contributed by atoms with Crippen LogP contribution in [0.15, 0.2) is 24.4 Å². The Bertz CT molecular complexity index is 988. The van der Waals surface area contributed by atoms with Gasteiger partial charge in [-0.1, -0.05) is 0 Å². The lowest BCUT2D eigenvalue weighted by Crippen LogP contribution is -2.42. The van der Waals surface area contributed by atoms with E-state index in [9.17, 15) is 14.4 Å². The molecule has 2 N–H and O–H groups in total. The number of hydrogen-bond donors (Lipinski definition) is 2. The van der Waals surface area contributed by atoms with Gasteiger partial charge in [-0.05, 0) is 56.9 Å². The SMILES string of the molecule is CC(C)(C)OC(=O)N1CCC(COc2ccc(F)cc2NC=C(C#N)c2nn[nH]n2)CC1. The normalized spacial score (nSPS) is 15.2. The van der Waals surface area contributed by atoms with Crippen molar-refractivity contribution in [2.24, 2.45) is 5.92 Å². The number of ether oxygens (including phenoxy) is 2. The first-order valence-electron chi connectivity index (χ1n) is 10.3. The fourth-order valence-electron chi connectivity index (χ4n) is 3.13. The number of nitriles is 1. The number of amides is 1. The van der Waals surface area contributed by atoms with Crippen LogP contribution in [0, 0.1) is 23.1 Å². The second kappa shape index (κ2) is 10.1. The van der Waals surface area contributed by atoms with Crippen LogP contribution in [-0.2, 0) is 4.74 Å². The quantitative estimate of drug-likeness (QED) is 0.651. The molecule has 1 fully saturated rings. The minimum absolute atomic E-state index is 0.121. The van der Waals surface area contributed by atoms with Crippen molar-refractivity contribution in [2.45, 2.75) is 39.2 Å². The molecule has 32 heavy (non-hydrogen) atoms. The number of halogens is 1. The van der Waals surface area contributed by atoms with E-state index in [0.29, 0.717) is 31.1 Å². The lowest BCUT2D eigenvalue weighted by Gasteiger charge is -2.33. The second-order valence-electron chi connectivity index (χ2n) is 8.41. The standard InChI is InChI=1S/C21H26FN7O3/c1-21(2,3)32-20(30)29-8-6-14(7-9-29)13-31-18-5-4-16(22)10-17(18)24-12-15(11-23)19-25-27-28-26-19/h4-5,10,12,14,24H,6-9,13H2,1-3H3,(H,25,26,27,28). The monoisotopic (exact) mass is 443 g/mol. The molecule has 0 bridgehead atoms. The molecule has 1 aliphatic rings. The maximum atomic E-state index is 13.8. The van der Waals surface area contributed by atoms with Crippen molar-refractivity contribution in [1.29, 1.82) is 5.26 Å². The Morgan fingerprint density at radius 2 is 2.16 bits per heavy atom. The maximum Gasteiger partial charge on any atom is 0.410 e. The van der Waals surface area contributed by atoms with E-state index in [2.05, 4.69) is 25.9 Å². The van der Waals surface area contributed by atoms with Crippen LogP contribution in [0.2, 0.25) is 0 Å².